The number of rotatable bonds is 4. The van der Waals surface area contributed by atoms with Gasteiger partial charge in [0.05, 0.1) is 6.54 Å². The Morgan fingerprint density at radius 1 is 1.55 bits per heavy atom. The van der Waals surface area contributed by atoms with Crippen molar-refractivity contribution in [2.45, 2.75) is 26.3 Å². The van der Waals surface area contributed by atoms with E-state index in [9.17, 15) is 4.79 Å². The molecule has 4 heteroatoms. The Balaban J connectivity index is 0. The van der Waals surface area contributed by atoms with Crippen molar-refractivity contribution in [3.05, 3.63) is 0 Å². The van der Waals surface area contributed by atoms with Gasteiger partial charge in [0, 0.05) is 6.04 Å². The Bertz CT molecular complexity index is 109. The van der Waals surface area contributed by atoms with Crippen LogP contribution in [0, 0.1) is 0 Å². The largest absolute Gasteiger partial charge is 0.353 e. The summed E-state index contributed by atoms with van der Waals surface area (Å²) in [5.74, 6) is 0.0665. The van der Waals surface area contributed by atoms with Crippen molar-refractivity contribution < 1.29 is 4.79 Å². The number of carbonyl (C=O) groups excluding carboxylic acids is 1. The molecule has 3 nitrogen and oxygen atoms in total. The van der Waals surface area contributed by atoms with Crippen molar-refractivity contribution in [2.75, 3.05) is 13.6 Å². The molecule has 0 aromatic heterocycles. The average Bonchev–Trinajstić information content (AvgIpc) is 1.88. The fraction of sp³-hybridized carbons (Fsp3) is 0.857. The molecule has 0 radical (unpaired) electrons. The fourth-order valence-electron chi connectivity index (χ4n) is 0.588. The zero-order valence-electron chi connectivity index (χ0n) is 7.31. The average molecular weight is 181 g/mol. The van der Waals surface area contributed by atoms with Gasteiger partial charge in [-0.2, -0.15) is 0 Å². The number of amides is 1. The molecule has 11 heavy (non-hydrogen) atoms. The third-order valence-electron chi connectivity index (χ3n) is 1.36. The van der Waals surface area contributed by atoms with Crippen molar-refractivity contribution in [3.63, 3.8) is 0 Å². The summed E-state index contributed by atoms with van der Waals surface area (Å²) >= 11 is 0. The summed E-state index contributed by atoms with van der Waals surface area (Å²) in [4.78, 5) is 10.8. The predicted molar refractivity (Wildman–Crippen MR) is 49.1 cm³/mol. The number of nitrogens with one attached hydrogen (secondary N) is 2. The summed E-state index contributed by atoms with van der Waals surface area (Å²) in [5, 5.41) is 5.61. The smallest absolute Gasteiger partial charge is 0.234 e. The fourth-order valence-corrected chi connectivity index (χ4v) is 0.588. The molecular weight excluding hydrogens is 164 g/mol. The van der Waals surface area contributed by atoms with Crippen molar-refractivity contribution in [2.24, 2.45) is 0 Å². The van der Waals surface area contributed by atoms with Gasteiger partial charge < -0.3 is 10.6 Å². The molecule has 0 aliphatic carbocycles. The Hall–Kier alpha value is -0.280. The molecule has 0 aliphatic rings. The van der Waals surface area contributed by atoms with Gasteiger partial charge >= 0.3 is 0 Å². The second-order valence-corrected chi connectivity index (χ2v) is 2.41. The topological polar surface area (TPSA) is 41.1 Å². The van der Waals surface area contributed by atoms with Gasteiger partial charge in [0.25, 0.3) is 0 Å². The highest BCUT2D eigenvalue weighted by Crippen LogP contribution is 1.85. The monoisotopic (exact) mass is 180 g/mol. The number of carbonyl (C=O) groups is 1. The number of halogens is 1. The van der Waals surface area contributed by atoms with Gasteiger partial charge in [-0.05, 0) is 20.4 Å². The van der Waals surface area contributed by atoms with E-state index in [0.29, 0.717) is 12.6 Å². The van der Waals surface area contributed by atoms with Crippen LogP contribution in [0.2, 0.25) is 0 Å². The van der Waals surface area contributed by atoms with Crippen molar-refractivity contribution in [1.29, 1.82) is 0 Å². The summed E-state index contributed by atoms with van der Waals surface area (Å²) in [6.45, 7) is 4.45. The van der Waals surface area contributed by atoms with Crippen LogP contribution in [-0.2, 0) is 4.79 Å². The van der Waals surface area contributed by atoms with E-state index in [1.807, 2.05) is 13.8 Å². The van der Waals surface area contributed by atoms with Gasteiger partial charge in [-0.15, -0.1) is 12.4 Å². The molecule has 1 unspecified atom stereocenters. The summed E-state index contributed by atoms with van der Waals surface area (Å²) in [6, 6.07) is 0.292. The van der Waals surface area contributed by atoms with Crippen LogP contribution < -0.4 is 10.6 Å². The third kappa shape index (κ3) is 7.62. The molecule has 0 aromatic rings. The van der Waals surface area contributed by atoms with E-state index in [2.05, 4.69) is 10.6 Å². The Labute approximate surface area is 74.3 Å². The highest BCUT2D eigenvalue weighted by molar-refractivity contribution is 5.85. The molecule has 0 aromatic carbocycles. The van der Waals surface area contributed by atoms with Crippen LogP contribution in [0.3, 0.4) is 0 Å². The standard InChI is InChI=1S/C7H16N2O.ClH/c1-4-6(2)9-7(10)5-8-3;/h6,8H,4-5H2,1-3H3,(H,9,10);1H. The second-order valence-electron chi connectivity index (χ2n) is 2.41. The minimum Gasteiger partial charge on any atom is -0.353 e. The first-order valence-corrected chi connectivity index (χ1v) is 3.64. The highest BCUT2D eigenvalue weighted by Gasteiger charge is 2.01. The first-order chi connectivity index (χ1) is 4.70. The van der Waals surface area contributed by atoms with Gasteiger partial charge in [0.2, 0.25) is 5.91 Å². The van der Waals surface area contributed by atoms with E-state index in [-0.39, 0.29) is 18.3 Å². The highest BCUT2D eigenvalue weighted by atomic mass is 35.5. The minimum atomic E-state index is 0. The van der Waals surface area contributed by atoms with Crippen LogP contribution in [-0.4, -0.2) is 25.5 Å². The minimum absolute atomic E-state index is 0. The molecule has 0 rings (SSSR count). The van der Waals surface area contributed by atoms with Crippen LogP contribution in [0.15, 0.2) is 0 Å². The lowest BCUT2D eigenvalue weighted by atomic mass is 10.2. The maximum Gasteiger partial charge on any atom is 0.234 e. The Kier molecular flexibility index (Phi) is 9.47. The van der Waals surface area contributed by atoms with Gasteiger partial charge in [0.1, 0.15) is 0 Å². The van der Waals surface area contributed by atoms with Gasteiger partial charge in [0.15, 0.2) is 0 Å². The van der Waals surface area contributed by atoms with Crippen molar-refractivity contribution in [1.82, 2.24) is 10.6 Å². The summed E-state index contributed by atoms with van der Waals surface area (Å²) in [7, 11) is 1.76. The molecule has 0 aliphatic heterocycles. The first-order valence-electron chi connectivity index (χ1n) is 3.64. The molecule has 2 N–H and O–H groups in total. The van der Waals surface area contributed by atoms with Gasteiger partial charge in [-0.3, -0.25) is 4.79 Å². The lowest BCUT2D eigenvalue weighted by Gasteiger charge is -2.10. The number of hydrogen-bond acceptors (Lipinski definition) is 2. The zero-order chi connectivity index (χ0) is 7.98. The maximum atomic E-state index is 10.8. The molecule has 1 atom stereocenters. The van der Waals surface area contributed by atoms with E-state index in [4.69, 9.17) is 0 Å². The quantitative estimate of drug-likeness (QED) is 0.663. The van der Waals surface area contributed by atoms with E-state index in [1.165, 1.54) is 0 Å². The first kappa shape index (κ1) is 13.3. The van der Waals surface area contributed by atoms with Crippen molar-refractivity contribution in [3.8, 4) is 0 Å². The molecule has 0 saturated carbocycles. The lowest BCUT2D eigenvalue weighted by Crippen LogP contribution is -2.37. The molecule has 0 spiro atoms. The lowest BCUT2D eigenvalue weighted by molar-refractivity contribution is -0.120. The van der Waals surface area contributed by atoms with Gasteiger partial charge in [-0.1, -0.05) is 6.92 Å². The SMILES string of the molecule is CCC(C)NC(=O)CNC.Cl. The molecule has 0 bridgehead atoms. The maximum absolute atomic E-state index is 10.8. The van der Waals surface area contributed by atoms with Crippen LogP contribution in [0.1, 0.15) is 20.3 Å². The summed E-state index contributed by atoms with van der Waals surface area (Å²) < 4.78 is 0. The Morgan fingerprint density at radius 3 is 2.45 bits per heavy atom. The normalized spacial score (nSPS) is 11.5. The number of likely N-dealkylation sites (N-methyl/N-ethyl adjacent to an activating group) is 1. The molecular formula is C7H17ClN2O. The second kappa shape index (κ2) is 7.82. The van der Waals surface area contributed by atoms with Crippen molar-refractivity contribution >= 4 is 18.3 Å². The van der Waals surface area contributed by atoms with E-state index in [0.717, 1.165) is 6.42 Å². The third-order valence-corrected chi connectivity index (χ3v) is 1.36. The van der Waals surface area contributed by atoms with Crippen LogP contribution in [0.5, 0.6) is 0 Å². The molecule has 0 heterocycles. The van der Waals surface area contributed by atoms with Crippen LogP contribution in [0.4, 0.5) is 0 Å². The summed E-state index contributed by atoms with van der Waals surface area (Å²) in [6.07, 6.45) is 0.982. The summed E-state index contributed by atoms with van der Waals surface area (Å²) in [5.41, 5.74) is 0. The van der Waals surface area contributed by atoms with Crippen LogP contribution in [0.25, 0.3) is 0 Å². The Morgan fingerprint density at radius 2 is 2.09 bits per heavy atom. The van der Waals surface area contributed by atoms with Gasteiger partial charge in [-0.25, -0.2) is 0 Å². The van der Waals surface area contributed by atoms with Crippen LogP contribution >= 0.6 is 12.4 Å². The zero-order valence-corrected chi connectivity index (χ0v) is 8.12. The molecule has 0 saturated heterocycles. The van der Waals surface area contributed by atoms with E-state index >= 15 is 0 Å². The molecule has 68 valence electrons. The van der Waals surface area contributed by atoms with E-state index < -0.39 is 0 Å². The molecule has 0 fully saturated rings. The molecule has 1 amide bonds. The predicted octanol–water partition coefficient (Wildman–Crippen LogP) is 0.542. The number of hydrogen-bond donors (Lipinski definition) is 2. The van der Waals surface area contributed by atoms with E-state index in [1.54, 1.807) is 7.05 Å².